The Morgan fingerprint density at radius 3 is 1.62 bits per heavy atom. The minimum Gasteiger partial charge on any atom is -0.468 e. The van der Waals surface area contributed by atoms with E-state index in [0.717, 1.165) is 11.1 Å². The summed E-state index contributed by atoms with van der Waals surface area (Å²) in [6.45, 7) is 7.52. The number of rotatable bonds is 6. The quantitative estimate of drug-likeness (QED) is 0.174. The molecule has 214 valence electrons. The number of nitriles is 1. The van der Waals surface area contributed by atoms with Crippen molar-refractivity contribution in [1.82, 2.24) is 0 Å². The first-order chi connectivity index (χ1) is 22.0. The van der Waals surface area contributed by atoms with E-state index < -0.39 is 5.41 Å². The molecule has 0 aromatic heterocycles. The summed E-state index contributed by atoms with van der Waals surface area (Å²) in [6.07, 6.45) is 0. The zero-order valence-corrected chi connectivity index (χ0v) is 25.2. The van der Waals surface area contributed by atoms with Crippen LogP contribution in [-0.4, -0.2) is 0 Å². The van der Waals surface area contributed by atoms with Gasteiger partial charge in [0.15, 0.2) is 0 Å². The van der Waals surface area contributed by atoms with Crippen molar-refractivity contribution in [3.63, 3.8) is 0 Å². The Kier molecular flexibility index (Phi) is 7.24. The van der Waals surface area contributed by atoms with Crippen LogP contribution in [0, 0.1) is 17.9 Å². The van der Waals surface area contributed by atoms with Gasteiger partial charge >= 0.3 is 0 Å². The summed E-state index contributed by atoms with van der Waals surface area (Å²) in [5.41, 5.74) is 6.92. The highest BCUT2D eigenvalue weighted by molar-refractivity contribution is 6.31. The molecule has 0 aliphatic heterocycles. The minimum atomic E-state index is -0.621. The average Bonchev–Trinajstić information content (AvgIpc) is 3.38. The maximum Gasteiger partial charge on any atom is 0.230 e. The van der Waals surface area contributed by atoms with Gasteiger partial charge in [0.05, 0.1) is 17.6 Å². The fourth-order valence-corrected chi connectivity index (χ4v) is 6.50. The van der Waals surface area contributed by atoms with Crippen LogP contribution < -0.4 is 9.47 Å². The van der Waals surface area contributed by atoms with Gasteiger partial charge < -0.3 is 9.47 Å². The second-order valence-electron chi connectivity index (χ2n) is 10.6. The molecule has 1 aliphatic carbocycles. The Labute approximate surface area is 271 Å². The van der Waals surface area contributed by atoms with Gasteiger partial charge in [-0.25, -0.2) is 4.85 Å². The molecule has 1 aliphatic rings. The summed E-state index contributed by atoms with van der Waals surface area (Å²) in [5.74, 6) is 2.11. The summed E-state index contributed by atoms with van der Waals surface area (Å²) in [4.78, 5) is 3.56. The first kappa shape index (κ1) is 28.3. The number of hydrogen-bond acceptors (Lipinski definition) is 3. The van der Waals surface area contributed by atoms with Crippen LogP contribution in [0.15, 0.2) is 133 Å². The van der Waals surface area contributed by atoms with E-state index in [9.17, 15) is 5.26 Å². The van der Waals surface area contributed by atoms with Gasteiger partial charge in [-0.15, -0.1) is 0 Å². The smallest absolute Gasteiger partial charge is 0.230 e. The third kappa shape index (κ3) is 4.88. The third-order valence-corrected chi connectivity index (χ3v) is 8.56. The van der Waals surface area contributed by atoms with Gasteiger partial charge in [-0.1, -0.05) is 96.0 Å². The van der Waals surface area contributed by atoms with Gasteiger partial charge in [0.2, 0.25) is 5.69 Å². The second-order valence-corrected chi connectivity index (χ2v) is 11.4. The number of nitrogens with zero attached hydrogens (tertiary/aromatic N) is 2. The van der Waals surface area contributed by atoms with Crippen LogP contribution in [0.2, 0.25) is 10.0 Å². The van der Waals surface area contributed by atoms with E-state index in [2.05, 4.69) is 83.7 Å². The van der Waals surface area contributed by atoms with Crippen LogP contribution in [-0.2, 0) is 5.41 Å². The van der Waals surface area contributed by atoms with Gasteiger partial charge in [0.25, 0.3) is 0 Å². The van der Waals surface area contributed by atoms with Crippen LogP contribution >= 0.6 is 23.2 Å². The highest BCUT2D eigenvalue weighted by atomic mass is 35.5. The van der Waals surface area contributed by atoms with Gasteiger partial charge in [-0.05, 0) is 94.0 Å². The second kappa shape index (κ2) is 11.5. The van der Waals surface area contributed by atoms with Crippen molar-refractivity contribution < 1.29 is 9.47 Å². The predicted molar refractivity (Wildman–Crippen MR) is 178 cm³/mol. The lowest BCUT2D eigenvalue weighted by Crippen LogP contribution is -2.28. The van der Waals surface area contributed by atoms with Crippen LogP contribution in [0.1, 0.15) is 27.8 Å². The van der Waals surface area contributed by atoms with E-state index in [0.29, 0.717) is 44.3 Å². The van der Waals surface area contributed by atoms with Crippen LogP contribution in [0.5, 0.6) is 23.0 Å². The van der Waals surface area contributed by atoms with E-state index in [1.54, 1.807) is 36.4 Å². The predicted octanol–water partition coefficient (Wildman–Crippen LogP) is 11.4. The van der Waals surface area contributed by atoms with Gasteiger partial charge in [0, 0.05) is 10.0 Å². The molecule has 0 heterocycles. The average molecular weight is 622 g/mol. The van der Waals surface area contributed by atoms with Gasteiger partial charge in [0.1, 0.15) is 29.1 Å². The Balaban J connectivity index is 1.34. The number of hydrogen-bond donors (Lipinski definition) is 0. The summed E-state index contributed by atoms with van der Waals surface area (Å²) < 4.78 is 12.3. The SMILES string of the molecule is [C-]#[N+]c1cc(Cl)ccc1Oc1ccc(C2(c3ccc(Oc4ccc(Cl)cc4C#N)cc3)c3ccccc3-c3ccccc32)cc1. The maximum absolute atomic E-state index is 9.58. The maximum atomic E-state index is 9.58. The Morgan fingerprint density at radius 2 is 1.09 bits per heavy atom. The van der Waals surface area contributed by atoms with Gasteiger partial charge in [-0.2, -0.15) is 5.26 Å². The van der Waals surface area contributed by atoms with Crippen molar-refractivity contribution in [2.75, 3.05) is 0 Å². The Morgan fingerprint density at radius 1 is 0.600 bits per heavy atom. The van der Waals surface area contributed by atoms with Gasteiger partial charge in [-0.3, -0.25) is 0 Å². The third-order valence-electron chi connectivity index (χ3n) is 8.09. The highest BCUT2D eigenvalue weighted by Gasteiger charge is 2.45. The fourth-order valence-electron chi connectivity index (χ4n) is 6.17. The lowest BCUT2D eigenvalue weighted by molar-refractivity contribution is 0.480. The monoisotopic (exact) mass is 620 g/mol. The minimum absolute atomic E-state index is 0.351. The summed E-state index contributed by atoms with van der Waals surface area (Å²) in [6, 6.07) is 45.2. The van der Waals surface area contributed by atoms with Crippen molar-refractivity contribution in [1.29, 1.82) is 5.26 Å². The molecule has 0 N–H and O–H groups in total. The molecule has 0 saturated carbocycles. The molecular formula is C39H22Cl2N2O2. The van der Waals surface area contributed by atoms with Crippen molar-refractivity contribution in [3.8, 4) is 40.2 Å². The van der Waals surface area contributed by atoms with E-state index in [1.807, 2.05) is 24.3 Å². The molecule has 0 bridgehead atoms. The molecular weight excluding hydrogens is 599 g/mol. The number of fused-ring (bicyclic) bond motifs is 3. The number of halogens is 2. The Bertz CT molecular complexity index is 2000. The fraction of sp³-hybridized carbons (Fsp3) is 0.0256. The molecule has 4 nitrogen and oxygen atoms in total. The van der Waals surface area contributed by atoms with E-state index in [4.69, 9.17) is 39.2 Å². The van der Waals surface area contributed by atoms with E-state index >= 15 is 0 Å². The summed E-state index contributed by atoms with van der Waals surface area (Å²) in [7, 11) is 0. The first-order valence-corrected chi connectivity index (χ1v) is 14.9. The molecule has 6 aromatic rings. The Hall–Kier alpha value is -5.52. The standard InChI is InChI=1S/C39H22Cl2N2O2/c1-43-36-23-29(41)15-21-38(36)45-31-18-12-27(13-19-31)39(34-8-4-2-6-32(34)33-7-3-5-9-35(33)39)26-10-16-30(17-11-26)44-37-20-14-28(40)22-25(37)24-42/h2-23H. The molecule has 0 amide bonds. The van der Waals surface area contributed by atoms with E-state index in [-0.39, 0.29) is 0 Å². The van der Waals surface area contributed by atoms with Crippen molar-refractivity contribution >= 4 is 28.9 Å². The van der Waals surface area contributed by atoms with Crippen LogP contribution in [0.25, 0.3) is 16.0 Å². The van der Waals surface area contributed by atoms with E-state index in [1.165, 1.54) is 22.3 Å². The zero-order chi connectivity index (χ0) is 31.0. The molecule has 0 unspecified atom stereocenters. The van der Waals surface area contributed by atoms with Crippen LogP contribution in [0.3, 0.4) is 0 Å². The topological polar surface area (TPSA) is 46.6 Å². The number of ether oxygens (including phenoxy) is 2. The lowest BCUT2D eigenvalue weighted by atomic mass is 9.68. The lowest BCUT2D eigenvalue weighted by Gasteiger charge is -2.34. The van der Waals surface area contributed by atoms with Crippen molar-refractivity contribution in [2.45, 2.75) is 5.41 Å². The molecule has 0 atom stereocenters. The molecule has 0 radical (unpaired) electrons. The molecule has 0 saturated heterocycles. The summed E-state index contributed by atoms with van der Waals surface area (Å²) in [5, 5.41) is 10.5. The summed E-state index contributed by atoms with van der Waals surface area (Å²) >= 11 is 12.2. The molecule has 0 spiro atoms. The molecule has 6 aromatic carbocycles. The first-order valence-electron chi connectivity index (χ1n) is 14.1. The molecule has 6 heteroatoms. The molecule has 45 heavy (non-hydrogen) atoms. The van der Waals surface area contributed by atoms with Crippen LogP contribution in [0.4, 0.5) is 5.69 Å². The molecule has 0 fully saturated rings. The van der Waals surface area contributed by atoms with Crippen molar-refractivity contribution in [3.05, 3.63) is 183 Å². The largest absolute Gasteiger partial charge is 0.468 e. The number of benzene rings is 6. The normalized spacial score (nSPS) is 12.4. The highest BCUT2D eigenvalue weighted by Crippen LogP contribution is 2.56. The van der Waals surface area contributed by atoms with Crippen molar-refractivity contribution in [2.24, 2.45) is 0 Å². The zero-order valence-electron chi connectivity index (χ0n) is 23.7. The molecule has 7 rings (SSSR count).